The Morgan fingerprint density at radius 1 is 1.39 bits per heavy atom. The van der Waals surface area contributed by atoms with Crippen LogP contribution >= 0.6 is 0 Å². The van der Waals surface area contributed by atoms with Crippen LogP contribution in [0.5, 0.6) is 0 Å². The van der Waals surface area contributed by atoms with Gasteiger partial charge in [0.1, 0.15) is 0 Å². The van der Waals surface area contributed by atoms with E-state index in [0.29, 0.717) is 19.3 Å². The number of methoxy groups -OCH3 is 2. The molecule has 5 heteroatoms. The molecular formula is C13H18O5. The Balaban J connectivity index is 3.16. The molecule has 1 aliphatic carbocycles. The minimum absolute atomic E-state index is 0.152. The van der Waals surface area contributed by atoms with E-state index in [9.17, 15) is 14.4 Å². The zero-order valence-corrected chi connectivity index (χ0v) is 10.7. The summed E-state index contributed by atoms with van der Waals surface area (Å²) in [7, 11) is 2.33. The summed E-state index contributed by atoms with van der Waals surface area (Å²) in [6, 6.07) is 0. The molecule has 100 valence electrons. The summed E-state index contributed by atoms with van der Waals surface area (Å²) < 4.78 is 9.25. The molecule has 0 radical (unpaired) electrons. The highest BCUT2D eigenvalue weighted by Crippen LogP contribution is 2.39. The van der Waals surface area contributed by atoms with Crippen molar-refractivity contribution in [2.24, 2.45) is 11.3 Å². The maximum Gasteiger partial charge on any atom is 0.330 e. The molecule has 0 saturated heterocycles. The highest BCUT2D eigenvalue weighted by atomic mass is 16.5. The summed E-state index contributed by atoms with van der Waals surface area (Å²) >= 11 is 0. The van der Waals surface area contributed by atoms with Crippen molar-refractivity contribution in [1.29, 1.82) is 0 Å². The highest BCUT2D eigenvalue weighted by Gasteiger charge is 2.58. The standard InChI is InChI=1S/C13H18O5/c1-4-6-9-7-5-8-13(10(9)14,11(15)17-2)12(16)18-3/h4,9H,1,5-8H2,2-3H3. The van der Waals surface area contributed by atoms with Crippen molar-refractivity contribution in [1.82, 2.24) is 0 Å². The van der Waals surface area contributed by atoms with Crippen LogP contribution in [0.2, 0.25) is 0 Å². The SMILES string of the molecule is C=CCC1CCCC(C(=O)OC)(C(=O)OC)C1=O. The van der Waals surface area contributed by atoms with Gasteiger partial charge in [-0.15, -0.1) is 6.58 Å². The summed E-state index contributed by atoms with van der Waals surface area (Å²) in [5.41, 5.74) is -1.78. The lowest BCUT2D eigenvalue weighted by Crippen LogP contribution is -2.52. The van der Waals surface area contributed by atoms with Crippen molar-refractivity contribution in [2.45, 2.75) is 25.7 Å². The van der Waals surface area contributed by atoms with Gasteiger partial charge in [-0.1, -0.05) is 12.5 Å². The first-order chi connectivity index (χ1) is 8.54. The van der Waals surface area contributed by atoms with Crippen molar-refractivity contribution in [2.75, 3.05) is 14.2 Å². The molecule has 0 aliphatic heterocycles. The number of hydrogen-bond donors (Lipinski definition) is 0. The second-order valence-electron chi connectivity index (χ2n) is 4.37. The first-order valence-corrected chi connectivity index (χ1v) is 5.86. The van der Waals surface area contributed by atoms with Crippen molar-refractivity contribution >= 4 is 17.7 Å². The number of rotatable bonds is 4. The second kappa shape index (κ2) is 5.80. The molecule has 0 bridgehead atoms. The molecular weight excluding hydrogens is 236 g/mol. The number of Topliss-reactive ketones (excluding diaryl/α,β-unsaturated/α-hetero) is 1. The minimum atomic E-state index is -1.78. The third kappa shape index (κ3) is 2.17. The Hall–Kier alpha value is -1.65. The van der Waals surface area contributed by atoms with Gasteiger partial charge in [0.25, 0.3) is 0 Å². The Morgan fingerprint density at radius 3 is 2.39 bits per heavy atom. The van der Waals surface area contributed by atoms with Gasteiger partial charge in [-0.25, -0.2) is 0 Å². The van der Waals surface area contributed by atoms with Crippen molar-refractivity contribution < 1.29 is 23.9 Å². The largest absolute Gasteiger partial charge is 0.468 e. The van der Waals surface area contributed by atoms with Crippen LogP contribution in [0.3, 0.4) is 0 Å². The number of esters is 2. The normalized spacial score (nSPS) is 22.1. The molecule has 0 heterocycles. The van der Waals surface area contributed by atoms with Crippen LogP contribution in [0.1, 0.15) is 25.7 Å². The van der Waals surface area contributed by atoms with Gasteiger partial charge >= 0.3 is 11.9 Å². The van der Waals surface area contributed by atoms with Crippen LogP contribution in [-0.4, -0.2) is 31.9 Å². The molecule has 1 unspecified atom stereocenters. The van der Waals surface area contributed by atoms with Crippen LogP contribution in [0.15, 0.2) is 12.7 Å². The maximum absolute atomic E-state index is 12.4. The van der Waals surface area contributed by atoms with E-state index in [1.54, 1.807) is 6.08 Å². The van der Waals surface area contributed by atoms with E-state index in [-0.39, 0.29) is 12.3 Å². The van der Waals surface area contributed by atoms with Gasteiger partial charge in [0, 0.05) is 5.92 Å². The lowest BCUT2D eigenvalue weighted by molar-refractivity contribution is -0.175. The average molecular weight is 254 g/mol. The minimum Gasteiger partial charge on any atom is -0.468 e. The number of carbonyl (C=O) groups is 3. The molecule has 5 nitrogen and oxygen atoms in total. The predicted molar refractivity (Wildman–Crippen MR) is 63.6 cm³/mol. The lowest BCUT2D eigenvalue weighted by Gasteiger charge is -2.34. The molecule has 1 atom stereocenters. The van der Waals surface area contributed by atoms with E-state index in [1.165, 1.54) is 0 Å². The molecule has 0 aromatic rings. The molecule has 18 heavy (non-hydrogen) atoms. The van der Waals surface area contributed by atoms with Gasteiger partial charge in [-0.2, -0.15) is 0 Å². The first-order valence-electron chi connectivity index (χ1n) is 5.86. The summed E-state index contributed by atoms with van der Waals surface area (Å²) in [4.78, 5) is 36.1. The van der Waals surface area contributed by atoms with Crippen LogP contribution < -0.4 is 0 Å². The van der Waals surface area contributed by atoms with Gasteiger partial charge in [0.2, 0.25) is 5.41 Å². The molecule has 1 saturated carbocycles. The Morgan fingerprint density at radius 2 is 1.94 bits per heavy atom. The summed E-state index contributed by atoms with van der Waals surface area (Å²) in [6.07, 6.45) is 3.48. The fourth-order valence-corrected chi connectivity index (χ4v) is 2.48. The van der Waals surface area contributed by atoms with E-state index in [0.717, 1.165) is 14.2 Å². The fraction of sp³-hybridized carbons (Fsp3) is 0.615. The molecule has 0 spiro atoms. The quantitative estimate of drug-likeness (QED) is 0.429. The monoisotopic (exact) mass is 254 g/mol. The van der Waals surface area contributed by atoms with E-state index < -0.39 is 23.1 Å². The fourth-order valence-electron chi connectivity index (χ4n) is 2.48. The Kier molecular flexibility index (Phi) is 4.64. The first kappa shape index (κ1) is 14.4. The number of hydrogen-bond acceptors (Lipinski definition) is 5. The number of carbonyl (C=O) groups excluding carboxylic acids is 3. The smallest absolute Gasteiger partial charge is 0.330 e. The van der Waals surface area contributed by atoms with Crippen molar-refractivity contribution in [3.63, 3.8) is 0 Å². The van der Waals surface area contributed by atoms with E-state index >= 15 is 0 Å². The van der Waals surface area contributed by atoms with Crippen molar-refractivity contribution in [3.05, 3.63) is 12.7 Å². The zero-order valence-electron chi connectivity index (χ0n) is 10.7. The third-order valence-corrected chi connectivity index (χ3v) is 3.41. The molecule has 0 aromatic heterocycles. The highest BCUT2D eigenvalue weighted by molar-refractivity contribution is 6.21. The van der Waals surface area contributed by atoms with Crippen LogP contribution in [-0.2, 0) is 23.9 Å². The van der Waals surface area contributed by atoms with Crippen LogP contribution in [0, 0.1) is 11.3 Å². The van der Waals surface area contributed by atoms with Gasteiger partial charge in [-0.3, -0.25) is 14.4 Å². The Labute approximate surface area is 106 Å². The van der Waals surface area contributed by atoms with Crippen molar-refractivity contribution in [3.8, 4) is 0 Å². The van der Waals surface area contributed by atoms with Gasteiger partial charge in [-0.05, 0) is 19.3 Å². The molecule has 1 fully saturated rings. The van der Waals surface area contributed by atoms with E-state index in [1.807, 2.05) is 0 Å². The molecule has 0 amide bonds. The predicted octanol–water partition coefficient (Wildman–Crippen LogP) is 1.26. The molecule has 0 N–H and O–H groups in total. The van der Waals surface area contributed by atoms with Crippen LogP contribution in [0.25, 0.3) is 0 Å². The average Bonchev–Trinajstić information content (AvgIpc) is 2.39. The topological polar surface area (TPSA) is 69.7 Å². The maximum atomic E-state index is 12.4. The number of allylic oxidation sites excluding steroid dienone is 1. The van der Waals surface area contributed by atoms with E-state index in [2.05, 4.69) is 16.1 Å². The molecule has 0 aromatic carbocycles. The summed E-state index contributed by atoms with van der Waals surface area (Å²) in [5, 5.41) is 0. The number of ketones is 1. The summed E-state index contributed by atoms with van der Waals surface area (Å²) in [6.45, 7) is 3.58. The van der Waals surface area contributed by atoms with Gasteiger partial charge in [0.05, 0.1) is 14.2 Å². The molecule has 1 aliphatic rings. The van der Waals surface area contributed by atoms with Crippen LogP contribution in [0.4, 0.5) is 0 Å². The lowest BCUT2D eigenvalue weighted by atomic mass is 9.67. The second-order valence-corrected chi connectivity index (χ2v) is 4.37. The molecule has 1 rings (SSSR count). The zero-order chi connectivity index (χ0) is 13.8. The third-order valence-electron chi connectivity index (χ3n) is 3.41. The van der Waals surface area contributed by atoms with Gasteiger partial charge in [0.15, 0.2) is 5.78 Å². The number of ether oxygens (including phenoxy) is 2. The van der Waals surface area contributed by atoms with Gasteiger partial charge < -0.3 is 9.47 Å². The Bertz CT molecular complexity index is 356. The van der Waals surface area contributed by atoms with E-state index in [4.69, 9.17) is 0 Å². The summed E-state index contributed by atoms with van der Waals surface area (Å²) in [5.74, 6) is -2.43.